The molecule has 0 saturated carbocycles. The molecular formula is C56H53N5. The van der Waals surface area contributed by atoms with Crippen molar-refractivity contribution in [3.05, 3.63) is 196 Å². The molecule has 6 aromatic carbocycles. The Labute approximate surface area is 360 Å². The van der Waals surface area contributed by atoms with Crippen LogP contribution in [0.2, 0.25) is 0 Å². The van der Waals surface area contributed by atoms with Crippen LogP contribution in [0.25, 0.3) is 27.6 Å². The van der Waals surface area contributed by atoms with Crippen molar-refractivity contribution in [1.82, 2.24) is 14.5 Å². The number of fused-ring (bicyclic) bond motifs is 8. The third kappa shape index (κ3) is 5.80. The zero-order chi connectivity index (χ0) is 41.9. The number of para-hydroxylation sites is 1. The van der Waals surface area contributed by atoms with E-state index in [1.165, 1.54) is 72.2 Å². The molecule has 2 aromatic heterocycles. The maximum Gasteiger partial charge on any atom is 0.137 e. The van der Waals surface area contributed by atoms with Gasteiger partial charge in [0.25, 0.3) is 0 Å². The Morgan fingerprint density at radius 3 is 2.26 bits per heavy atom. The summed E-state index contributed by atoms with van der Waals surface area (Å²) in [6.45, 7) is 19.3. The van der Waals surface area contributed by atoms with Crippen molar-refractivity contribution in [2.45, 2.75) is 90.8 Å². The first kappa shape index (κ1) is 37.5. The van der Waals surface area contributed by atoms with Gasteiger partial charge in [0.05, 0.1) is 28.5 Å². The fourth-order valence-corrected chi connectivity index (χ4v) is 10.5. The molecule has 0 fully saturated rings. The van der Waals surface area contributed by atoms with E-state index in [1.807, 2.05) is 6.20 Å². The molecule has 0 saturated heterocycles. The quantitative estimate of drug-likeness (QED) is 0.174. The lowest BCUT2D eigenvalue weighted by atomic mass is 9.73. The highest BCUT2D eigenvalue weighted by Crippen LogP contribution is 2.55. The summed E-state index contributed by atoms with van der Waals surface area (Å²) in [6, 6.07) is 52.5. The van der Waals surface area contributed by atoms with Crippen molar-refractivity contribution in [2.24, 2.45) is 4.99 Å². The number of aliphatic imine (C=N–C) groups is 1. The van der Waals surface area contributed by atoms with E-state index in [9.17, 15) is 0 Å². The zero-order valence-electron chi connectivity index (χ0n) is 36.5. The highest BCUT2D eigenvalue weighted by molar-refractivity contribution is 6.12. The molecule has 0 bridgehead atoms. The number of amidine groups is 1. The number of rotatable bonds is 5. The summed E-state index contributed by atoms with van der Waals surface area (Å²) in [5.41, 5.74) is 17.2. The molecule has 302 valence electrons. The van der Waals surface area contributed by atoms with Crippen LogP contribution in [-0.2, 0) is 17.4 Å². The first-order valence-corrected chi connectivity index (χ1v) is 22.0. The predicted molar refractivity (Wildman–Crippen MR) is 253 cm³/mol. The molecule has 0 N–H and O–H groups in total. The minimum Gasteiger partial charge on any atom is -0.342 e. The molecule has 5 nitrogen and oxygen atoms in total. The molecule has 11 rings (SSSR count). The number of hydrogen-bond acceptors (Lipinski definition) is 4. The molecule has 5 heteroatoms. The highest BCUT2D eigenvalue weighted by atomic mass is 15.3. The number of aromatic nitrogens is 2. The SMILES string of the molecule is Cc1ccc2c(c1)c1cc3c(cc1n2-c1cc(C(C)(C)C)ccn1)N(c1cc(C2=N[C@H](c4ccccc4)[C@@H]4c5ccccc5CN24)cc(C(C)C)c1)c1ccccc1C3(C)C. The largest absolute Gasteiger partial charge is 0.342 e. The van der Waals surface area contributed by atoms with Crippen LogP contribution in [0.15, 0.2) is 151 Å². The fraction of sp³-hybridized carbons (Fsp3) is 0.250. The number of hydrogen-bond donors (Lipinski definition) is 0. The second kappa shape index (κ2) is 13.5. The van der Waals surface area contributed by atoms with Crippen molar-refractivity contribution >= 4 is 44.7 Å². The first-order valence-electron chi connectivity index (χ1n) is 22.0. The van der Waals surface area contributed by atoms with E-state index in [0.29, 0.717) is 5.92 Å². The number of benzene rings is 6. The predicted octanol–water partition coefficient (Wildman–Crippen LogP) is 14.1. The summed E-state index contributed by atoms with van der Waals surface area (Å²) in [7, 11) is 0. The molecule has 0 aliphatic carbocycles. The van der Waals surface area contributed by atoms with E-state index in [2.05, 4.69) is 209 Å². The van der Waals surface area contributed by atoms with Gasteiger partial charge in [0, 0.05) is 40.2 Å². The minimum absolute atomic E-state index is 0.00692. The van der Waals surface area contributed by atoms with E-state index in [1.54, 1.807) is 0 Å². The molecular weight excluding hydrogens is 743 g/mol. The van der Waals surface area contributed by atoms with Gasteiger partial charge in [-0.05, 0) is 118 Å². The van der Waals surface area contributed by atoms with Crippen LogP contribution in [0.3, 0.4) is 0 Å². The van der Waals surface area contributed by atoms with E-state index >= 15 is 0 Å². The molecule has 0 amide bonds. The third-order valence-electron chi connectivity index (χ3n) is 13.8. The van der Waals surface area contributed by atoms with Gasteiger partial charge in [0.1, 0.15) is 17.7 Å². The average Bonchev–Trinajstić information content (AvgIpc) is 3.92. The topological polar surface area (TPSA) is 36.7 Å². The average molecular weight is 796 g/mol. The van der Waals surface area contributed by atoms with Gasteiger partial charge in [-0.25, -0.2) is 4.98 Å². The Bertz CT molecular complexity index is 3090. The summed E-state index contributed by atoms with van der Waals surface area (Å²) >= 11 is 0. The summed E-state index contributed by atoms with van der Waals surface area (Å²) in [5, 5.41) is 2.50. The van der Waals surface area contributed by atoms with Crippen molar-refractivity contribution in [2.75, 3.05) is 4.90 Å². The molecule has 61 heavy (non-hydrogen) atoms. The van der Waals surface area contributed by atoms with Gasteiger partial charge in [-0.3, -0.25) is 9.56 Å². The number of anilines is 3. The van der Waals surface area contributed by atoms with Crippen LogP contribution >= 0.6 is 0 Å². The van der Waals surface area contributed by atoms with Crippen LogP contribution in [0, 0.1) is 6.92 Å². The highest BCUT2D eigenvalue weighted by Gasteiger charge is 2.44. The monoisotopic (exact) mass is 795 g/mol. The Balaban J connectivity index is 1.16. The second-order valence-corrected chi connectivity index (χ2v) is 19.4. The molecule has 3 aliphatic heterocycles. The molecule has 0 radical (unpaired) electrons. The Kier molecular flexibility index (Phi) is 8.32. The molecule has 0 spiro atoms. The zero-order valence-corrected chi connectivity index (χ0v) is 36.5. The number of pyridine rings is 1. The van der Waals surface area contributed by atoms with Crippen molar-refractivity contribution in [3.63, 3.8) is 0 Å². The van der Waals surface area contributed by atoms with Crippen molar-refractivity contribution in [3.8, 4) is 5.82 Å². The molecule has 5 heterocycles. The van der Waals surface area contributed by atoms with Crippen LogP contribution in [-0.4, -0.2) is 20.3 Å². The summed E-state index contributed by atoms with van der Waals surface area (Å²) in [5.74, 6) is 2.32. The Morgan fingerprint density at radius 2 is 1.46 bits per heavy atom. The second-order valence-electron chi connectivity index (χ2n) is 19.4. The molecule has 0 unspecified atom stereocenters. The van der Waals surface area contributed by atoms with Gasteiger partial charge in [-0.15, -0.1) is 0 Å². The number of aryl methyl sites for hydroxylation is 1. The van der Waals surface area contributed by atoms with E-state index in [-0.39, 0.29) is 22.9 Å². The number of nitrogens with zero attached hydrogens (tertiary/aromatic N) is 5. The smallest absolute Gasteiger partial charge is 0.137 e. The Hall–Kier alpha value is -6.46. The molecule has 8 aromatic rings. The van der Waals surface area contributed by atoms with Crippen LogP contribution in [0.5, 0.6) is 0 Å². The van der Waals surface area contributed by atoms with Crippen LogP contribution < -0.4 is 4.90 Å². The fourth-order valence-electron chi connectivity index (χ4n) is 10.5. The normalized spacial score (nSPS) is 17.8. The minimum atomic E-state index is -0.259. The third-order valence-corrected chi connectivity index (χ3v) is 13.8. The maximum atomic E-state index is 5.67. The van der Waals surface area contributed by atoms with E-state index < -0.39 is 0 Å². The maximum absolute atomic E-state index is 5.67. The Morgan fingerprint density at radius 1 is 0.705 bits per heavy atom. The lowest BCUT2D eigenvalue weighted by Crippen LogP contribution is -2.31. The van der Waals surface area contributed by atoms with Gasteiger partial charge >= 0.3 is 0 Å². The van der Waals surface area contributed by atoms with Crippen LogP contribution in [0.1, 0.15) is 117 Å². The standard InChI is InChI=1S/C56H53N5/c1-34(2)38-27-39(54-58-52(36-16-10-9-11-17-36)53-42-19-13-12-18-37(42)33-59(53)54)29-41(28-38)60-48-21-15-14-20-45(48)56(7,8)46-31-44-43-26-35(3)22-23-47(43)61(49(44)32-50(46)60)51-30-40(24-25-57-51)55(4,5)6/h9-32,34,52-53H,33H2,1-8H3/t52-,53+/m1/s1. The van der Waals surface area contributed by atoms with Crippen LogP contribution in [0.4, 0.5) is 17.1 Å². The van der Waals surface area contributed by atoms with Crippen molar-refractivity contribution < 1.29 is 0 Å². The van der Waals surface area contributed by atoms with Gasteiger partial charge in [0.2, 0.25) is 0 Å². The summed E-state index contributed by atoms with van der Waals surface area (Å²) in [6.07, 6.45) is 1.97. The lowest BCUT2D eigenvalue weighted by Gasteiger charge is -2.42. The molecule has 2 atom stereocenters. The van der Waals surface area contributed by atoms with E-state index in [4.69, 9.17) is 9.98 Å². The van der Waals surface area contributed by atoms with E-state index in [0.717, 1.165) is 35.0 Å². The summed E-state index contributed by atoms with van der Waals surface area (Å²) in [4.78, 5) is 15.8. The molecule has 3 aliphatic rings. The first-order chi connectivity index (χ1) is 29.4. The van der Waals surface area contributed by atoms with Gasteiger partial charge in [-0.2, -0.15) is 0 Å². The summed E-state index contributed by atoms with van der Waals surface area (Å²) < 4.78 is 2.39. The van der Waals surface area contributed by atoms with Gasteiger partial charge in [0.15, 0.2) is 0 Å². The lowest BCUT2D eigenvalue weighted by molar-refractivity contribution is 0.341. The van der Waals surface area contributed by atoms with Crippen molar-refractivity contribution in [1.29, 1.82) is 0 Å². The van der Waals surface area contributed by atoms with Gasteiger partial charge in [-0.1, -0.05) is 133 Å². The van der Waals surface area contributed by atoms with Gasteiger partial charge < -0.3 is 9.80 Å².